The molecule has 0 saturated carbocycles. The highest BCUT2D eigenvalue weighted by molar-refractivity contribution is 7.99. The topological polar surface area (TPSA) is 17.1 Å². The van der Waals surface area contributed by atoms with Crippen LogP contribution in [0, 0.1) is 5.92 Å². The average Bonchev–Trinajstić information content (AvgIpc) is 2.48. The summed E-state index contributed by atoms with van der Waals surface area (Å²) in [6.07, 6.45) is 7.74. The molecule has 1 saturated heterocycles. The van der Waals surface area contributed by atoms with Crippen molar-refractivity contribution in [2.24, 2.45) is 5.92 Å². The van der Waals surface area contributed by atoms with Gasteiger partial charge in [-0.3, -0.25) is 4.79 Å². The monoisotopic (exact) mass is 288 g/mol. The summed E-state index contributed by atoms with van der Waals surface area (Å²) in [5, 5.41) is 0. The summed E-state index contributed by atoms with van der Waals surface area (Å²) in [5.74, 6) is 4.17. The highest BCUT2D eigenvalue weighted by Crippen LogP contribution is 2.35. The molecule has 1 unspecified atom stereocenters. The summed E-state index contributed by atoms with van der Waals surface area (Å²) < 4.78 is 0. The Balaban J connectivity index is 1.59. The van der Waals surface area contributed by atoms with Crippen molar-refractivity contribution in [3.63, 3.8) is 0 Å². The Bertz CT molecular complexity index is 462. The predicted molar refractivity (Wildman–Crippen MR) is 86.4 cm³/mol. The number of benzene rings is 1. The molecule has 2 aliphatic rings. The van der Waals surface area contributed by atoms with Crippen LogP contribution in [0.1, 0.15) is 55.6 Å². The molecular formula is C18H24OS. The molecule has 0 amide bonds. The summed E-state index contributed by atoms with van der Waals surface area (Å²) in [6.45, 7) is 0. The van der Waals surface area contributed by atoms with Gasteiger partial charge in [-0.25, -0.2) is 0 Å². The van der Waals surface area contributed by atoms with E-state index in [9.17, 15) is 4.79 Å². The van der Waals surface area contributed by atoms with Crippen LogP contribution in [0.2, 0.25) is 0 Å². The minimum atomic E-state index is 0.491. The van der Waals surface area contributed by atoms with Crippen LogP contribution in [-0.2, 0) is 11.2 Å². The fourth-order valence-electron chi connectivity index (χ4n) is 3.70. The second-order valence-corrected chi connectivity index (χ2v) is 7.52. The molecular weight excluding hydrogens is 264 g/mol. The third-order valence-electron chi connectivity index (χ3n) is 4.82. The second-order valence-electron chi connectivity index (χ2n) is 6.29. The first-order valence-electron chi connectivity index (χ1n) is 8.00. The quantitative estimate of drug-likeness (QED) is 0.805. The number of Topliss-reactive ketones (excluding diaryl/α,β-unsaturated/α-hetero) is 1. The lowest BCUT2D eigenvalue weighted by Gasteiger charge is -2.26. The van der Waals surface area contributed by atoms with Gasteiger partial charge in [-0.05, 0) is 66.6 Å². The van der Waals surface area contributed by atoms with Crippen LogP contribution in [0.15, 0.2) is 24.3 Å². The lowest BCUT2D eigenvalue weighted by Crippen LogP contribution is -2.18. The van der Waals surface area contributed by atoms with Crippen molar-refractivity contribution in [3.8, 4) is 0 Å². The lowest BCUT2D eigenvalue weighted by molar-refractivity contribution is -0.120. The molecule has 2 heteroatoms. The molecule has 108 valence electrons. The first kappa shape index (κ1) is 14.2. The molecule has 1 heterocycles. The summed E-state index contributed by atoms with van der Waals surface area (Å²) in [5.41, 5.74) is 2.93. The van der Waals surface area contributed by atoms with Gasteiger partial charge < -0.3 is 0 Å². The summed E-state index contributed by atoms with van der Waals surface area (Å²) >= 11 is 2.04. The van der Waals surface area contributed by atoms with Gasteiger partial charge in [0.15, 0.2) is 0 Å². The number of fused-ring (bicyclic) bond motifs is 1. The molecule has 20 heavy (non-hydrogen) atoms. The Hall–Kier alpha value is -0.760. The SMILES string of the molecule is O=C(CC1CCSCC1)CC1CCCc2ccccc21. The highest BCUT2D eigenvalue weighted by atomic mass is 32.2. The molecule has 1 atom stereocenters. The molecule has 3 rings (SSSR count). The molecule has 1 fully saturated rings. The molecule has 0 bridgehead atoms. The standard InChI is InChI=1S/C18H24OS/c19-17(12-14-8-10-20-11-9-14)13-16-6-3-5-15-4-1-2-7-18(15)16/h1-2,4,7,14,16H,3,5-6,8-13H2. The van der Waals surface area contributed by atoms with Crippen LogP contribution < -0.4 is 0 Å². The molecule has 1 aromatic rings. The van der Waals surface area contributed by atoms with E-state index in [1.54, 1.807) is 0 Å². The highest BCUT2D eigenvalue weighted by Gasteiger charge is 2.24. The van der Waals surface area contributed by atoms with Crippen molar-refractivity contribution in [1.29, 1.82) is 0 Å². The Kier molecular flexibility index (Phi) is 4.82. The number of carbonyl (C=O) groups excluding carboxylic acids is 1. The molecule has 1 aromatic carbocycles. The predicted octanol–water partition coefficient (Wildman–Crippen LogP) is 4.60. The molecule has 0 aromatic heterocycles. The van der Waals surface area contributed by atoms with E-state index in [1.165, 1.54) is 54.7 Å². The van der Waals surface area contributed by atoms with Crippen molar-refractivity contribution >= 4 is 17.5 Å². The third-order valence-corrected chi connectivity index (χ3v) is 5.87. The van der Waals surface area contributed by atoms with Crippen LogP contribution in [-0.4, -0.2) is 17.3 Å². The van der Waals surface area contributed by atoms with Gasteiger partial charge in [-0.2, -0.15) is 11.8 Å². The zero-order valence-electron chi connectivity index (χ0n) is 12.1. The molecule has 0 N–H and O–H groups in total. The van der Waals surface area contributed by atoms with Crippen molar-refractivity contribution in [2.75, 3.05) is 11.5 Å². The average molecular weight is 288 g/mol. The van der Waals surface area contributed by atoms with Gasteiger partial charge in [0.05, 0.1) is 0 Å². The van der Waals surface area contributed by atoms with E-state index in [2.05, 4.69) is 24.3 Å². The second kappa shape index (κ2) is 6.80. The van der Waals surface area contributed by atoms with Crippen molar-refractivity contribution in [2.45, 2.75) is 50.9 Å². The van der Waals surface area contributed by atoms with E-state index in [1.807, 2.05) is 11.8 Å². The van der Waals surface area contributed by atoms with Crippen molar-refractivity contribution in [1.82, 2.24) is 0 Å². The van der Waals surface area contributed by atoms with E-state index in [0.717, 1.165) is 12.8 Å². The first-order valence-corrected chi connectivity index (χ1v) is 9.15. The Morgan fingerprint density at radius 3 is 2.75 bits per heavy atom. The number of thioether (sulfide) groups is 1. The molecule has 1 aliphatic carbocycles. The number of hydrogen-bond donors (Lipinski definition) is 0. The third kappa shape index (κ3) is 3.46. The Labute approximate surface area is 126 Å². The van der Waals surface area contributed by atoms with Gasteiger partial charge in [-0.15, -0.1) is 0 Å². The Morgan fingerprint density at radius 2 is 1.90 bits per heavy atom. The fraction of sp³-hybridized carbons (Fsp3) is 0.611. The van der Waals surface area contributed by atoms with E-state index in [0.29, 0.717) is 17.6 Å². The molecule has 1 aliphatic heterocycles. The van der Waals surface area contributed by atoms with Crippen LogP contribution in [0.25, 0.3) is 0 Å². The number of ketones is 1. The number of rotatable bonds is 4. The minimum absolute atomic E-state index is 0.491. The summed E-state index contributed by atoms with van der Waals surface area (Å²) in [4.78, 5) is 12.4. The van der Waals surface area contributed by atoms with Gasteiger partial charge in [0, 0.05) is 12.8 Å². The summed E-state index contributed by atoms with van der Waals surface area (Å²) in [7, 11) is 0. The van der Waals surface area contributed by atoms with Gasteiger partial charge in [0.25, 0.3) is 0 Å². The van der Waals surface area contributed by atoms with Crippen LogP contribution in [0.5, 0.6) is 0 Å². The maximum Gasteiger partial charge on any atom is 0.133 e. The molecule has 0 spiro atoms. The van der Waals surface area contributed by atoms with Gasteiger partial charge in [-0.1, -0.05) is 24.3 Å². The minimum Gasteiger partial charge on any atom is -0.300 e. The van der Waals surface area contributed by atoms with Crippen molar-refractivity contribution < 1.29 is 4.79 Å². The van der Waals surface area contributed by atoms with Crippen LogP contribution >= 0.6 is 11.8 Å². The zero-order chi connectivity index (χ0) is 13.8. The molecule has 0 radical (unpaired) electrons. The first-order chi connectivity index (χ1) is 9.83. The van der Waals surface area contributed by atoms with Crippen LogP contribution in [0.3, 0.4) is 0 Å². The van der Waals surface area contributed by atoms with Gasteiger partial charge in [0.1, 0.15) is 5.78 Å². The van der Waals surface area contributed by atoms with Crippen molar-refractivity contribution in [3.05, 3.63) is 35.4 Å². The van der Waals surface area contributed by atoms with E-state index >= 15 is 0 Å². The number of hydrogen-bond acceptors (Lipinski definition) is 2. The fourth-order valence-corrected chi connectivity index (χ4v) is 4.90. The molecule has 1 nitrogen and oxygen atoms in total. The smallest absolute Gasteiger partial charge is 0.133 e. The normalized spacial score (nSPS) is 23.3. The number of carbonyl (C=O) groups is 1. The van der Waals surface area contributed by atoms with E-state index < -0.39 is 0 Å². The van der Waals surface area contributed by atoms with E-state index in [4.69, 9.17) is 0 Å². The van der Waals surface area contributed by atoms with E-state index in [-0.39, 0.29) is 0 Å². The maximum atomic E-state index is 12.4. The summed E-state index contributed by atoms with van der Waals surface area (Å²) in [6, 6.07) is 8.73. The lowest BCUT2D eigenvalue weighted by atomic mass is 9.79. The number of aryl methyl sites for hydroxylation is 1. The largest absolute Gasteiger partial charge is 0.300 e. The van der Waals surface area contributed by atoms with Gasteiger partial charge in [0.2, 0.25) is 0 Å². The maximum absolute atomic E-state index is 12.4. The van der Waals surface area contributed by atoms with Crippen LogP contribution in [0.4, 0.5) is 0 Å². The van der Waals surface area contributed by atoms with Gasteiger partial charge >= 0.3 is 0 Å². The Morgan fingerprint density at radius 1 is 1.10 bits per heavy atom. The zero-order valence-corrected chi connectivity index (χ0v) is 13.0.